The Bertz CT molecular complexity index is 797. The van der Waals surface area contributed by atoms with E-state index in [4.69, 9.17) is 4.74 Å². The molecule has 0 saturated carbocycles. The molecule has 0 bridgehead atoms. The number of piperidine rings is 1. The standard InChI is InChI=1S/C23H30FN3O2/c1-26(23(28)25-22-8-4-3-7-21(22)24)16-19-6-5-14-27(17-19)15-13-18-9-11-20(29-2)12-10-18/h3-4,7-12,19H,5-6,13-17H2,1-2H3,(H,25,28)/t19-/m1/s1. The molecule has 1 saturated heterocycles. The van der Waals surface area contributed by atoms with Gasteiger partial charge in [0.05, 0.1) is 12.8 Å². The maximum absolute atomic E-state index is 13.7. The fourth-order valence-electron chi connectivity index (χ4n) is 3.83. The van der Waals surface area contributed by atoms with E-state index in [1.54, 1.807) is 37.3 Å². The first-order valence-electron chi connectivity index (χ1n) is 10.2. The summed E-state index contributed by atoms with van der Waals surface area (Å²) in [5.74, 6) is 0.885. The number of benzene rings is 2. The van der Waals surface area contributed by atoms with Crippen LogP contribution in [0.15, 0.2) is 48.5 Å². The Balaban J connectivity index is 1.45. The number of halogens is 1. The Labute approximate surface area is 172 Å². The van der Waals surface area contributed by atoms with Crippen molar-refractivity contribution in [3.63, 3.8) is 0 Å². The number of carbonyl (C=O) groups excluding carboxylic acids is 1. The molecule has 1 aliphatic heterocycles. The molecule has 1 heterocycles. The van der Waals surface area contributed by atoms with Gasteiger partial charge in [-0.15, -0.1) is 0 Å². The minimum Gasteiger partial charge on any atom is -0.497 e. The summed E-state index contributed by atoms with van der Waals surface area (Å²) in [6.45, 7) is 3.75. The first-order valence-corrected chi connectivity index (χ1v) is 10.2. The number of para-hydroxylation sites is 1. The number of carbonyl (C=O) groups is 1. The van der Waals surface area contributed by atoms with Crippen LogP contribution in [0.3, 0.4) is 0 Å². The molecule has 29 heavy (non-hydrogen) atoms. The fraction of sp³-hybridized carbons (Fsp3) is 0.435. The van der Waals surface area contributed by atoms with Gasteiger partial charge in [-0.3, -0.25) is 0 Å². The number of nitrogens with one attached hydrogen (secondary N) is 1. The van der Waals surface area contributed by atoms with Crippen LogP contribution in [-0.2, 0) is 6.42 Å². The molecule has 1 atom stereocenters. The molecule has 2 amide bonds. The lowest BCUT2D eigenvalue weighted by atomic mass is 9.97. The number of ether oxygens (including phenoxy) is 1. The first kappa shape index (κ1) is 21.1. The predicted octanol–water partition coefficient (Wildman–Crippen LogP) is 4.25. The van der Waals surface area contributed by atoms with Gasteiger partial charge >= 0.3 is 6.03 Å². The molecule has 0 spiro atoms. The minimum absolute atomic E-state index is 0.217. The van der Waals surface area contributed by atoms with E-state index in [-0.39, 0.29) is 11.7 Å². The third-order valence-corrected chi connectivity index (χ3v) is 5.47. The van der Waals surface area contributed by atoms with Crippen molar-refractivity contribution in [2.75, 3.05) is 45.7 Å². The molecule has 156 valence electrons. The van der Waals surface area contributed by atoms with Gasteiger partial charge in [0, 0.05) is 26.7 Å². The second-order valence-corrected chi connectivity index (χ2v) is 7.70. The van der Waals surface area contributed by atoms with Gasteiger partial charge in [-0.25, -0.2) is 9.18 Å². The van der Waals surface area contributed by atoms with Crippen molar-refractivity contribution in [1.29, 1.82) is 0 Å². The highest BCUT2D eigenvalue weighted by Crippen LogP contribution is 2.19. The van der Waals surface area contributed by atoms with Crippen LogP contribution >= 0.6 is 0 Å². The number of amides is 2. The molecule has 3 rings (SSSR count). The minimum atomic E-state index is -0.420. The van der Waals surface area contributed by atoms with Crippen molar-refractivity contribution in [3.05, 3.63) is 59.9 Å². The average molecular weight is 400 g/mol. The fourth-order valence-corrected chi connectivity index (χ4v) is 3.83. The zero-order chi connectivity index (χ0) is 20.6. The van der Waals surface area contributed by atoms with E-state index in [0.717, 1.165) is 44.6 Å². The highest BCUT2D eigenvalue weighted by Gasteiger charge is 2.23. The van der Waals surface area contributed by atoms with Crippen molar-refractivity contribution in [1.82, 2.24) is 9.80 Å². The predicted molar refractivity (Wildman–Crippen MR) is 114 cm³/mol. The summed E-state index contributed by atoms with van der Waals surface area (Å²) in [5.41, 5.74) is 1.52. The van der Waals surface area contributed by atoms with Gasteiger partial charge in [-0.2, -0.15) is 0 Å². The molecule has 0 unspecified atom stereocenters. The molecular formula is C23H30FN3O2. The third kappa shape index (κ3) is 6.19. The van der Waals surface area contributed by atoms with E-state index in [9.17, 15) is 9.18 Å². The number of anilines is 1. The summed E-state index contributed by atoms with van der Waals surface area (Å²) in [6.07, 6.45) is 3.24. The molecule has 2 aromatic carbocycles. The van der Waals surface area contributed by atoms with Crippen LogP contribution in [0.5, 0.6) is 5.75 Å². The van der Waals surface area contributed by atoms with Crippen LogP contribution in [0.2, 0.25) is 0 Å². The monoisotopic (exact) mass is 399 g/mol. The van der Waals surface area contributed by atoms with E-state index in [2.05, 4.69) is 22.3 Å². The van der Waals surface area contributed by atoms with Crippen molar-refractivity contribution >= 4 is 11.7 Å². The molecule has 0 aliphatic carbocycles. The van der Waals surface area contributed by atoms with E-state index >= 15 is 0 Å². The summed E-state index contributed by atoms with van der Waals surface area (Å²) in [6, 6.07) is 14.2. The van der Waals surface area contributed by atoms with Gasteiger partial charge in [0.1, 0.15) is 11.6 Å². The SMILES string of the molecule is COc1ccc(CCN2CCC[C@H](CN(C)C(=O)Nc3ccccc3F)C2)cc1. The van der Waals surface area contributed by atoms with Crippen LogP contribution in [0, 0.1) is 11.7 Å². The third-order valence-electron chi connectivity index (χ3n) is 5.47. The average Bonchev–Trinajstić information content (AvgIpc) is 2.74. The van der Waals surface area contributed by atoms with Crippen molar-refractivity contribution < 1.29 is 13.9 Å². The molecule has 0 radical (unpaired) electrons. The van der Waals surface area contributed by atoms with Crippen molar-refractivity contribution in [2.24, 2.45) is 5.92 Å². The van der Waals surface area contributed by atoms with Gasteiger partial charge in [0.2, 0.25) is 0 Å². The van der Waals surface area contributed by atoms with Gasteiger partial charge in [0.25, 0.3) is 0 Å². The van der Waals surface area contributed by atoms with Crippen LogP contribution < -0.4 is 10.1 Å². The molecule has 1 aliphatic rings. The van der Waals surface area contributed by atoms with Crippen LogP contribution in [0.1, 0.15) is 18.4 Å². The molecular weight excluding hydrogens is 369 g/mol. The molecule has 0 aromatic heterocycles. The number of likely N-dealkylation sites (tertiary alicyclic amines) is 1. The summed E-state index contributed by atoms with van der Waals surface area (Å²) in [7, 11) is 3.45. The van der Waals surface area contributed by atoms with Crippen LogP contribution in [0.4, 0.5) is 14.9 Å². The Morgan fingerprint density at radius 3 is 2.72 bits per heavy atom. The maximum Gasteiger partial charge on any atom is 0.321 e. The van der Waals surface area contributed by atoms with Crippen molar-refractivity contribution in [2.45, 2.75) is 19.3 Å². The van der Waals surface area contributed by atoms with Crippen molar-refractivity contribution in [3.8, 4) is 5.75 Å². The van der Waals surface area contributed by atoms with E-state index in [0.29, 0.717) is 12.5 Å². The maximum atomic E-state index is 13.7. The van der Waals surface area contributed by atoms with Crippen LogP contribution in [0.25, 0.3) is 0 Å². The number of hydrogen-bond donors (Lipinski definition) is 1. The number of urea groups is 1. The zero-order valence-corrected chi connectivity index (χ0v) is 17.2. The van der Waals surface area contributed by atoms with Gasteiger partial charge in [-0.1, -0.05) is 24.3 Å². The second kappa shape index (κ2) is 10.3. The largest absolute Gasteiger partial charge is 0.497 e. The Kier molecular flexibility index (Phi) is 7.47. The molecule has 5 nitrogen and oxygen atoms in total. The van der Waals surface area contributed by atoms with Gasteiger partial charge in [-0.05, 0) is 61.6 Å². The normalized spacial score (nSPS) is 17.0. The first-order chi connectivity index (χ1) is 14.0. The van der Waals surface area contributed by atoms with Gasteiger partial charge in [0.15, 0.2) is 0 Å². The number of methoxy groups -OCH3 is 1. The lowest BCUT2D eigenvalue weighted by molar-refractivity contribution is 0.150. The van der Waals surface area contributed by atoms with E-state index in [1.165, 1.54) is 11.6 Å². The Hall–Kier alpha value is -2.60. The lowest BCUT2D eigenvalue weighted by Gasteiger charge is -2.34. The zero-order valence-electron chi connectivity index (χ0n) is 17.2. The summed E-state index contributed by atoms with van der Waals surface area (Å²) in [5, 5.41) is 2.65. The second-order valence-electron chi connectivity index (χ2n) is 7.70. The highest BCUT2D eigenvalue weighted by molar-refractivity contribution is 5.89. The number of rotatable bonds is 7. The molecule has 1 fully saturated rings. The Morgan fingerprint density at radius 1 is 1.24 bits per heavy atom. The number of hydrogen-bond acceptors (Lipinski definition) is 3. The van der Waals surface area contributed by atoms with Gasteiger partial charge < -0.3 is 19.9 Å². The molecule has 2 aromatic rings. The smallest absolute Gasteiger partial charge is 0.321 e. The quantitative estimate of drug-likeness (QED) is 0.757. The number of nitrogens with zero attached hydrogens (tertiary/aromatic N) is 2. The Morgan fingerprint density at radius 2 is 2.00 bits per heavy atom. The van der Waals surface area contributed by atoms with Crippen LogP contribution in [-0.4, -0.2) is 56.2 Å². The van der Waals surface area contributed by atoms with E-state index < -0.39 is 5.82 Å². The topological polar surface area (TPSA) is 44.8 Å². The summed E-state index contributed by atoms with van der Waals surface area (Å²) < 4.78 is 19.0. The lowest BCUT2D eigenvalue weighted by Crippen LogP contribution is -2.43. The molecule has 6 heteroatoms. The highest BCUT2D eigenvalue weighted by atomic mass is 19.1. The molecule has 1 N–H and O–H groups in total. The van der Waals surface area contributed by atoms with E-state index in [1.807, 2.05) is 12.1 Å². The summed E-state index contributed by atoms with van der Waals surface area (Å²) >= 11 is 0. The summed E-state index contributed by atoms with van der Waals surface area (Å²) in [4.78, 5) is 16.5.